The van der Waals surface area contributed by atoms with Crippen LogP contribution >= 0.6 is 0 Å². The topological polar surface area (TPSA) is 72.4 Å². The van der Waals surface area contributed by atoms with Crippen molar-refractivity contribution >= 4 is 11.4 Å². The first-order chi connectivity index (χ1) is 8.49. The number of piperidine rings is 1. The fraction of sp³-hybridized carbons (Fsp3) is 0.500. The number of halogens is 1. The molecule has 1 aliphatic heterocycles. The van der Waals surface area contributed by atoms with E-state index in [1.807, 2.05) is 11.8 Å². The van der Waals surface area contributed by atoms with Gasteiger partial charge in [0.1, 0.15) is 11.5 Å². The first kappa shape index (κ1) is 12.8. The molecule has 1 saturated heterocycles. The van der Waals surface area contributed by atoms with Crippen molar-refractivity contribution in [2.75, 3.05) is 11.4 Å². The lowest BCUT2D eigenvalue weighted by atomic mass is 9.98. The summed E-state index contributed by atoms with van der Waals surface area (Å²) in [5.41, 5.74) is 6.16. The van der Waals surface area contributed by atoms with Crippen LogP contribution in [0.4, 0.5) is 15.8 Å². The molecule has 2 rings (SSSR count). The van der Waals surface area contributed by atoms with Crippen molar-refractivity contribution in [3.63, 3.8) is 0 Å². The Morgan fingerprint density at radius 3 is 2.89 bits per heavy atom. The van der Waals surface area contributed by atoms with Crippen molar-refractivity contribution in [1.82, 2.24) is 0 Å². The summed E-state index contributed by atoms with van der Waals surface area (Å²) in [6.07, 6.45) is 1.58. The summed E-state index contributed by atoms with van der Waals surface area (Å²) in [7, 11) is 0. The van der Waals surface area contributed by atoms with Gasteiger partial charge in [0, 0.05) is 18.6 Å². The van der Waals surface area contributed by atoms with E-state index in [-0.39, 0.29) is 17.8 Å². The van der Waals surface area contributed by atoms with Crippen LogP contribution in [0.5, 0.6) is 0 Å². The predicted octanol–water partition coefficient (Wildman–Crippen LogP) is 2.05. The average Bonchev–Trinajstić information content (AvgIpc) is 2.29. The van der Waals surface area contributed by atoms with Gasteiger partial charge in [0.05, 0.1) is 11.0 Å². The van der Waals surface area contributed by atoms with Crippen LogP contribution in [-0.2, 0) is 0 Å². The number of nitro groups is 1. The average molecular weight is 253 g/mol. The van der Waals surface area contributed by atoms with Gasteiger partial charge in [-0.15, -0.1) is 0 Å². The van der Waals surface area contributed by atoms with Crippen LogP contribution in [-0.4, -0.2) is 23.6 Å². The zero-order chi connectivity index (χ0) is 13.3. The second-order valence-corrected chi connectivity index (χ2v) is 4.72. The molecule has 0 amide bonds. The highest BCUT2D eigenvalue weighted by Crippen LogP contribution is 2.33. The molecule has 2 unspecified atom stereocenters. The molecule has 2 atom stereocenters. The standard InChI is InChI=1S/C12H16FN3O2/c1-8-6-10(14)4-5-15(8)11-3-2-9(13)7-12(11)16(17)18/h2-3,7-8,10H,4-6,14H2,1H3. The third-order valence-electron chi connectivity index (χ3n) is 3.36. The number of hydrogen-bond donors (Lipinski definition) is 1. The summed E-state index contributed by atoms with van der Waals surface area (Å²) in [6.45, 7) is 2.64. The minimum atomic E-state index is -0.591. The van der Waals surface area contributed by atoms with E-state index in [1.165, 1.54) is 12.1 Å². The number of anilines is 1. The van der Waals surface area contributed by atoms with Gasteiger partial charge in [-0.2, -0.15) is 0 Å². The highest BCUT2D eigenvalue weighted by Gasteiger charge is 2.28. The Balaban J connectivity index is 2.35. The van der Waals surface area contributed by atoms with Crippen molar-refractivity contribution in [1.29, 1.82) is 0 Å². The Hall–Kier alpha value is -1.69. The molecule has 2 N–H and O–H groups in total. The van der Waals surface area contributed by atoms with Gasteiger partial charge in [-0.05, 0) is 31.9 Å². The van der Waals surface area contributed by atoms with E-state index < -0.39 is 10.7 Å². The Kier molecular flexibility index (Phi) is 3.47. The summed E-state index contributed by atoms with van der Waals surface area (Å²) < 4.78 is 13.1. The predicted molar refractivity (Wildman–Crippen MR) is 67.1 cm³/mol. The lowest BCUT2D eigenvalue weighted by molar-refractivity contribution is -0.384. The van der Waals surface area contributed by atoms with E-state index in [9.17, 15) is 14.5 Å². The summed E-state index contributed by atoms with van der Waals surface area (Å²) >= 11 is 0. The molecule has 0 bridgehead atoms. The molecular weight excluding hydrogens is 237 g/mol. The van der Waals surface area contributed by atoms with E-state index in [4.69, 9.17) is 5.73 Å². The van der Waals surface area contributed by atoms with E-state index in [2.05, 4.69) is 0 Å². The number of benzene rings is 1. The molecule has 1 aromatic carbocycles. The second kappa shape index (κ2) is 4.89. The Bertz CT molecular complexity index is 467. The molecule has 1 aromatic rings. The van der Waals surface area contributed by atoms with E-state index in [0.717, 1.165) is 18.9 Å². The fourth-order valence-corrected chi connectivity index (χ4v) is 2.45. The van der Waals surface area contributed by atoms with Crippen LogP contribution in [0.1, 0.15) is 19.8 Å². The van der Waals surface area contributed by atoms with Crippen molar-refractivity contribution in [3.05, 3.63) is 34.1 Å². The Labute approximate surface area is 105 Å². The number of rotatable bonds is 2. The van der Waals surface area contributed by atoms with Gasteiger partial charge < -0.3 is 10.6 Å². The molecular formula is C12H16FN3O2. The molecule has 0 radical (unpaired) electrons. The molecule has 18 heavy (non-hydrogen) atoms. The third kappa shape index (κ3) is 2.43. The third-order valence-corrected chi connectivity index (χ3v) is 3.36. The molecule has 0 aliphatic carbocycles. The Morgan fingerprint density at radius 2 is 2.28 bits per heavy atom. The molecule has 0 spiro atoms. The van der Waals surface area contributed by atoms with Crippen LogP contribution in [0.25, 0.3) is 0 Å². The van der Waals surface area contributed by atoms with Crippen LogP contribution < -0.4 is 10.6 Å². The fourth-order valence-electron chi connectivity index (χ4n) is 2.45. The smallest absolute Gasteiger partial charge is 0.295 e. The van der Waals surface area contributed by atoms with Gasteiger partial charge in [0.2, 0.25) is 0 Å². The second-order valence-electron chi connectivity index (χ2n) is 4.72. The minimum absolute atomic E-state index is 0.123. The summed E-state index contributed by atoms with van der Waals surface area (Å²) in [5.74, 6) is -0.591. The zero-order valence-corrected chi connectivity index (χ0v) is 10.2. The molecule has 0 saturated carbocycles. The van der Waals surface area contributed by atoms with Gasteiger partial charge in [0.15, 0.2) is 0 Å². The molecule has 6 heteroatoms. The van der Waals surface area contributed by atoms with Crippen molar-refractivity contribution in [2.24, 2.45) is 5.73 Å². The van der Waals surface area contributed by atoms with Crippen LogP contribution in [0.3, 0.4) is 0 Å². The molecule has 5 nitrogen and oxygen atoms in total. The maximum atomic E-state index is 13.1. The Morgan fingerprint density at radius 1 is 1.56 bits per heavy atom. The van der Waals surface area contributed by atoms with Crippen LogP contribution in [0.15, 0.2) is 18.2 Å². The highest BCUT2D eigenvalue weighted by atomic mass is 19.1. The quantitative estimate of drug-likeness (QED) is 0.646. The summed E-state index contributed by atoms with van der Waals surface area (Å²) in [5, 5.41) is 11.0. The van der Waals surface area contributed by atoms with Gasteiger partial charge in [-0.3, -0.25) is 10.1 Å². The first-order valence-electron chi connectivity index (χ1n) is 5.95. The first-order valence-corrected chi connectivity index (χ1v) is 5.95. The molecule has 1 aliphatic rings. The SMILES string of the molecule is CC1CC(N)CCN1c1ccc(F)cc1[N+](=O)[O-]. The molecule has 1 heterocycles. The van der Waals surface area contributed by atoms with Crippen molar-refractivity contribution in [3.8, 4) is 0 Å². The number of nitrogens with zero attached hydrogens (tertiary/aromatic N) is 2. The largest absolute Gasteiger partial charge is 0.363 e. The van der Waals surface area contributed by atoms with Gasteiger partial charge in [-0.25, -0.2) is 4.39 Å². The van der Waals surface area contributed by atoms with Gasteiger partial charge >= 0.3 is 0 Å². The van der Waals surface area contributed by atoms with E-state index >= 15 is 0 Å². The number of hydrogen-bond acceptors (Lipinski definition) is 4. The van der Waals surface area contributed by atoms with Gasteiger partial charge in [-0.1, -0.05) is 0 Å². The number of nitrogens with two attached hydrogens (primary N) is 1. The van der Waals surface area contributed by atoms with Crippen LogP contribution in [0, 0.1) is 15.9 Å². The maximum absolute atomic E-state index is 13.1. The lowest BCUT2D eigenvalue weighted by Crippen LogP contribution is -2.45. The van der Waals surface area contributed by atoms with Crippen LogP contribution in [0.2, 0.25) is 0 Å². The minimum Gasteiger partial charge on any atom is -0.363 e. The van der Waals surface area contributed by atoms with E-state index in [1.54, 1.807) is 0 Å². The summed E-state index contributed by atoms with van der Waals surface area (Å²) in [6, 6.07) is 3.95. The highest BCUT2D eigenvalue weighted by molar-refractivity contribution is 5.64. The molecule has 1 fully saturated rings. The maximum Gasteiger partial charge on any atom is 0.295 e. The number of nitro benzene ring substituents is 1. The molecule has 0 aromatic heterocycles. The van der Waals surface area contributed by atoms with Gasteiger partial charge in [0.25, 0.3) is 5.69 Å². The molecule has 98 valence electrons. The normalized spacial score (nSPS) is 24.1. The van der Waals surface area contributed by atoms with E-state index in [0.29, 0.717) is 12.2 Å². The summed E-state index contributed by atoms with van der Waals surface area (Å²) in [4.78, 5) is 12.4. The lowest BCUT2D eigenvalue weighted by Gasteiger charge is -2.37. The monoisotopic (exact) mass is 253 g/mol. The zero-order valence-electron chi connectivity index (χ0n) is 10.2. The van der Waals surface area contributed by atoms with Crippen molar-refractivity contribution < 1.29 is 9.31 Å². The van der Waals surface area contributed by atoms with Crippen molar-refractivity contribution in [2.45, 2.75) is 31.8 Å².